The molecule has 1 N–H and O–H groups in total. The maximum absolute atomic E-state index is 6.96. The lowest BCUT2D eigenvalue weighted by Gasteiger charge is -2.05. The van der Waals surface area contributed by atoms with Crippen molar-refractivity contribution in [3.8, 4) is 5.75 Å². The van der Waals surface area contributed by atoms with Crippen LogP contribution in [0.2, 0.25) is 0 Å². The zero-order valence-corrected chi connectivity index (χ0v) is 9.33. The van der Waals surface area contributed by atoms with E-state index in [0.29, 0.717) is 0 Å². The summed E-state index contributed by atoms with van der Waals surface area (Å²) in [5.74, 6) is 0.946. The molecule has 0 heterocycles. The van der Waals surface area contributed by atoms with Crippen LogP contribution in [0.15, 0.2) is 24.3 Å². The van der Waals surface area contributed by atoms with Gasteiger partial charge in [0.25, 0.3) is 0 Å². The van der Waals surface area contributed by atoms with Gasteiger partial charge in [-0.1, -0.05) is 25.5 Å². The van der Waals surface area contributed by atoms with Gasteiger partial charge in [-0.3, -0.25) is 0 Å². The first-order chi connectivity index (χ1) is 7.36. The van der Waals surface area contributed by atoms with Gasteiger partial charge in [0.05, 0.1) is 6.61 Å². The van der Waals surface area contributed by atoms with E-state index in [4.69, 9.17) is 10.1 Å². The molecule has 0 saturated carbocycles. The van der Waals surface area contributed by atoms with E-state index >= 15 is 0 Å². The lowest BCUT2D eigenvalue weighted by molar-refractivity contribution is 0.309. The second kappa shape index (κ2) is 7.04. The number of ether oxygens (including phenoxy) is 1. The minimum absolute atomic E-state index is 0.802. The molecule has 0 aliphatic heterocycles. The second-order valence-corrected chi connectivity index (χ2v) is 3.59. The Balaban J connectivity index is 2.38. The predicted octanol–water partition coefficient (Wildman–Crippen LogP) is 3.45. The van der Waals surface area contributed by atoms with E-state index < -0.39 is 0 Å². The van der Waals surface area contributed by atoms with Crippen molar-refractivity contribution in [2.24, 2.45) is 0 Å². The average Bonchev–Trinajstić information content (AvgIpc) is 2.28. The third kappa shape index (κ3) is 4.63. The van der Waals surface area contributed by atoms with E-state index in [1.165, 1.54) is 11.8 Å². The molecule has 0 fully saturated rings. The van der Waals surface area contributed by atoms with Gasteiger partial charge in [-0.15, -0.1) is 0 Å². The van der Waals surface area contributed by atoms with Crippen LogP contribution in [0, 0.1) is 5.41 Å². The van der Waals surface area contributed by atoms with Crippen LogP contribution in [-0.4, -0.2) is 12.8 Å². The molecule has 0 aliphatic rings. The highest BCUT2D eigenvalue weighted by molar-refractivity contribution is 5.53. The Morgan fingerprint density at radius 1 is 1.27 bits per heavy atom. The van der Waals surface area contributed by atoms with Crippen LogP contribution in [0.4, 0.5) is 0 Å². The molecule has 0 aliphatic carbocycles. The summed E-state index contributed by atoms with van der Waals surface area (Å²) in [5.41, 5.74) is 1.27. The Hall–Kier alpha value is -1.31. The van der Waals surface area contributed by atoms with Crippen LogP contribution in [0.5, 0.6) is 5.75 Å². The highest BCUT2D eigenvalue weighted by Crippen LogP contribution is 2.13. The number of hydrogen-bond donors (Lipinski definition) is 1. The summed E-state index contributed by atoms with van der Waals surface area (Å²) in [5, 5.41) is 6.96. The summed E-state index contributed by atoms with van der Waals surface area (Å²) in [7, 11) is 0. The van der Waals surface area contributed by atoms with Crippen LogP contribution in [-0.2, 0) is 6.42 Å². The van der Waals surface area contributed by atoms with E-state index in [2.05, 4.69) is 19.1 Å². The van der Waals surface area contributed by atoms with Crippen LogP contribution >= 0.6 is 0 Å². The summed E-state index contributed by atoms with van der Waals surface area (Å²) in [6.07, 6.45) is 5.48. The monoisotopic (exact) mass is 205 g/mol. The molecule has 1 aromatic carbocycles. The van der Waals surface area contributed by atoms with E-state index in [0.717, 1.165) is 38.0 Å². The summed E-state index contributed by atoms with van der Waals surface area (Å²) in [6.45, 7) is 2.96. The highest BCUT2D eigenvalue weighted by Gasteiger charge is 1.94. The number of rotatable bonds is 7. The smallest absolute Gasteiger partial charge is 0.119 e. The van der Waals surface area contributed by atoms with Gasteiger partial charge in [0.15, 0.2) is 0 Å². The molecule has 1 rings (SSSR count). The minimum Gasteiger partial charge on any atom is -0.494 e. The van der Waals surface area contributed by atoms with Crippen molar-refractivity contribution >= 4 is 6.21 Å². The van der Waals surface area contributed by atoms with E-state index in [1.807, 2.05) is 12.1 Å². The predicted molar refractivity (Wildman–Crippen MR) is 63.9 cm³/mol. The summed E-state index contributed by atoms with van der Waals surface area (Å²) in [4.78, 5) is 0. The average molecular weight is 205 g/mol. The maximum Gasteiger partial charge on any atom is 0.119 e. The standard InChI is InChI=1S/C13H19NO/c1-2-3-11-15-13-8-6-12(7-9-13)5-4-10-14/h6-10,14H,2-5,11H2,1H3. The lowest BCUT2D eigenvalue weighted by Crippen LogP contribution is -1.96. The molecular weight excluding hydrogens is 186 g/mol. The Morgan fingerprint density at radius 2 is 2.00 bits per heavy atom. The number of nitrogens with one attached hydrogen (secondary N) is 1. The molecular formula is C13H19NO. The van der Waals surface area contributed by atoms with Crippen LogP contribution < -0.4 is 4.74 Å². The molecule has 0 aromatic heterocycles. The number of hydrogen-bond acceptors (Lipinski definition) is 2. The lowest BCUT2D eigenvalue weighted by atomic mass is 10.1. The molecule has 0 bridgehead atoms. The Morgan fingerprint density at radius 3 is 2.60 bits per heavy atom. The first-order valence-corrected chi connectivity index (χ1v) is 5.57. The fraction of sp³-hybridized carbons (Fsp3) is 0.462. The van der Waals surface area contributed by atoms with Crippen molar-refractivity contribution in [1.82, 2.24) is 0 Å². The third-order valence-electron chi connectivity index (χ3n) is 2.27. The van der Waals surface area contributed by atoms with Gasteiger partial charge in [-0.25, -0.2) is 0 Å². The van der Waals surface area contributed by atoms with Crippen molar-refractivity contribution in [2.45, 2.75) is 32.6 Å². The van der Waals surface area contributed by atoms with E-state index in [-0.39, 0.29) is 0 Å². The van der Waals surface area contributed by atoms with Crippen molar-refractivity contribution in [2.75, 3.05) is 6.61 Å². The minimum atomic E-state index is 0.802. The SMILES string of the molecule is CCCCOc1ccc(CCC=N)cc1. The fourth-order valence-electron chi connectivity index (χ4n) is 1.33. The van der Waals surface area contributed by atoms with Gasteiger partial charge >= 0.3 is 0 Å². The zero-order valence-electron chi connectivity index (χ0n) is 9.33. The van der Waals surface area contributed by atoms with Gasteiger partial charge in [0.1, 0.15) is 5.75 Å². The normalized spacial score (nSPS) is 9.93. The molecule has 0 radical (unpaired) electrons. The molecule has 0 atom stereocenters. The van der Waals surface area contributed by atoms with Crippen molar-refractivity contribution in [1.29, 1.82) is 5.41 Å². The van der Waals surface area contributed by atoms with Crippen molar-refractivity contribution in [3.05, 3.63) is 29.8 Å². The molecule has 15 heavy (non-hydrogen) atoms. The Bertz CT molecular complexity index is 279. The number of unbranched alkanes of at least 4 members (excludes halogenated alkanes) is 1. The third-order valence-corrected chi connectivity index (χ3v) is 2.27. The molecule has 2 heteroatoms. The van der Waals surface area contributed by atoms with Crippen LogP contribution in [0.3, 0.4) is 0 Å². The van der Waals surface area contributed by atoms with Crippen molar-refractivity contribution in [3.63, 3.8) is 0 Å². The Labute approximate surface area is 91.8 Å². The van der Waals surface area contributed by atoms with E-state index in [1.54, 1.807) is 0 Å². The summed E-state index contributed by atoms with van der Waals surface area (Å²) >= 11 is 0. The van der Waals surface area contributed by atoms with Gasteiger partial charge in [-0.05, 0) is 43.2 Å². The fourth-order valence-corrected chi connectivity index (χ4v) is 1.33. The highest BCUT2D eigenvalue weighted by atomic mass is 16.5. The first kappa shape index (κ1) is 11.8. The number of benzene rings is 1. The summed E-state index contributed by atoms with van der Waals surface area (Å²) < 4.78 is 5.56. The molecule has 2 nitrogen and oxygen atoms in total. The largest absolute Gasteiger partial charge is 0.494 e. The van der Waals surface area contributed by atoms with E-state index in [9.17, 15) is 0 Å². The zero-order chi connectivity index (χ0) is 10.9. The topological polar surface area (TPSA) is 33.1 Å². The molecule has 0 saturated heterocycles. The maximum atomic E-state index is 6.96. The number of aryl methyl sites for hydroxylation is 1. The molecule has 0 unspecified atom stereocenters. The second-order valence-electron chi connectivity index (χ2n) is 3.59. The van der Waals surface area contributed by atoms with Gasteiger partial charge in [0, 0.05) is 0 Å². The summed E-state index contributed by atoms with van der Waals surface area (Å²) in [6, 6.07) is 8.17. The molecule has 0 amide bonds. The molecule has 1 aromatic rings. The van der Waals surface area contributed by atoms with Crippen molar-refractivity contribution < 1.29 is 4.74 Å². The molecule has 82 valence electrons. The van der Waals surface area contributed by atoms with Crippen LogP contribution in [0.1, 0.15) is 31.7 Å². The van der Waals surface area contributed by atoms with Crippen LogP contribution in [0.25, 0.3) is 0 Å². The quantitative estimate of drug-likeness (QED) is 0.536. The first-order valence-electron chi connectivity index (χ1n) is 5.57. The van der Waals surface area contributed by atoms with Gasteiger partial charge < -0.3 is 10.1 Å². The molecule has 0 spiro atoms. The Kier molecular flexibility index (Phi) is 5.52. The van der Waals surface area contributed by atoms with Gasteiger partial charge in [-0.2, -0.15) is 0 Å². The van der Waals surface area contributed by atoms with Gasteiger partial charge in [0.2, 0.25) is 0 Å².